The van der Waals surface area contributed by atoms with Crippen LogP contribution in [0.4, 0.5) is 8.78 Å². The lowest BCUT2D eigenvalue weighted by Gasteiger charge is -2.36. The van der Waals surface area contributed by atoms with Crippen LogP contribution in [0.25, 0.3) is 0 Å². The smallest absolute Gasteiger partial charge is 0.261 e. The number of piperidine rings is 1. The molecule has 1 N–H and O–H groups in total. The summed E-state index contributed by atoms with van der Waals surface area (Å²) in [7, 11) is 0. The minimum absolute atomic E-state index is 0.0288. The summed E-state index contributed by atoms with van der Waals surface area (Å²) in [4.78, 5) is 13.8. The van der Waals surface area contributed by atoms with Gasteiger partial charge in [0.1, 0.15) is 6.61 Å². The van der Waals surface area contributed by atoms with Crippen molar-refractivity contribution < 1.29 is 23.4 Å². The number of carbonyl (C=O) groups is 1. The standard InChI is InChI=1S/C13H23F2NO3/c1-10(17)8-11-4-2-3-6-16(11)13(18)5-7-19-9-12(14)15/h10-12,17H,2-9H2,1H3. The Morgan fingerprint density at radius 3 is 2.84 bits per heavy atom. The molecular weight excluding hydrogens is 256 g/mol. The summed E-state index contributed by atoms with van der Waals surface area (Å²) in [6, 6.07) is 0.0661. The first-order valence-corrected chi connectivity index (χ1v) is 6.84. The Morgan fingerprint density at radius 1 is 1.47 bits per heavy atom. The largest absolute Gasteiger partial charge is 0.393 e. The highest BCUT2D eigenvalue weighted by Crippen LogP contribution is 2.21. The molecule has 0 aromatic heterocycles. The van der Waals surface area contributed by atoms with E-state index in [4.69, 9.17) is 4.74 Å². The van der Waals surface area contributed by atoms with Crippen LogP contribution in [-0.4, -0.2) is 54.2 Å². The van der Waals surface area contributed by atoms with Gasteiger partial charge in [-0.25, -0.2) is 8.78 Å². The molecule has 1 saturated heterocycles. The van der Waals surface area contributed by atoms with Crippen molar-refractivity contribution in [3.05, 3.63) is 0 Å². The molecule has 2 atom stereocenters. The molecule has 112 valence electrons. The van der Waals surface area contributed by atoms with Crippen LogP contribution in [0.5, 0.6) is 0 Å². The van der Waals surface area contributed by atoms with Crippen molar-refractivity contribution in [1.29, 1.82) is 0 Å². The molecule has 0 radical (unpaired) electrons. The van der Waals surface area contributed by atoms with Gasteiger partial charge in [0.2, 0.25) is 5.91 Å². The van der Waals surface area contributed by atoms with Gasteiger partial charge in [0.05, 0.1) is 19.1 Å². The van der Waals surface area contributed by atoms with Gasteiger partial charge in [0.15, 0.2) is 0 Å². The van der Waals surface area contributed by atoms with E-state index < -0.39 is 19.1 Å². The van der Waals surface area contributed by atoms with Crippen molar-refractivity contribution in [3.63, 3.8) is 0 Å². The number of alkyl halides is 2. The Bertz CT molecular complexity index is 275. The lowest BCUT2D eigenvalue weighted by Crippen LogP contribution is -2.45. The molecule has 0 aromatic carbocycles. The second-order valence-electron chi connectivity index (χ2n) is 5.04. The first-order chi connectivity index (χ1) is 9.00. The number of likely N-dealkylation sites (tertiary alicyclic amines) is 1. The summed E-state index contributed by atoms with van der Waals surface area (Å²) < 4.78 is 28.5. The zero-order valence-electron chi connectivity index (χ0n) is 11.4. The van der Waals surface area contributed by atoms with E-state index in [1.54, 1.807) is 11.8 Å². The van der Waals surface area contributed by atoms with Crippen molar-refractivity contribution >= 4 is 5.91 Å². The highest BCUT2D eigenvalue weighted by molar-refractivity contribution is 5.76. The number of hydrogen-bond acceptors (Lipinski definition) is 3. The van der Waals surface area contributed by atoms with Crippen LogP contribution in [0.15, 0.2) is 0 Å². The number of carbonyl (C=O) groups excluding carboxylic acids is 1. The predicted molar refractivity (Wildman–Crippen MR) is 67.1 cm³/mol. The first kappa shape index (κ1) is 16.3. The maximum Gasteiger partial charge on any atom is 0.261 e. The number of rotatable bonds is 7. The molecule has 4 nitrogen and oxygen atoms in total. The van der Waals surface area contributed by atoms with Crippen LogP contribution in [0, 0.1) is 0 Å². The maximum atomic E-state index is 12.0. The van der Waals surface area contributed by atoms with Gasteiger partial charge >= 0.3 is 0 Å². The van der Waals surface area contributed by atoms with Gasteiger partial charge in [-0.2, -0.15) is 0 Å². The minimum atomic E-state index is -2.49. The monoisotopic (exact) mass is 279 g/mol. The molecule has 1 fully saturated rings. The van der Waals surface area contributed by atoms with Crippen LogP contribution in [-0.2, 0) is 9.53 Å². The number of nitrogens with zero attached hydrogens (tertiary/aromatic N) is 1. The number of aliphatic hydroxyl groups excluding tert-OH is 1. The van der Waals surface area contributed by atoms with Crippen LogP contribution in [0.3, 0.4) is 0 Å². The van der Waals surface area contributed by atoms with Crippen LogP contribution >= 0.6 is 0 Å². The van der Waals surface area contributed by atoms with Crippen molar-refractivity contribution in [2.24, 2.45) is 0 Å². The first-order valence-electron chi connectivity index (χ1n) is 6.84. The third kappa shape index (κ3) is 6.29. The molecular formula is C13H23F2NO3. The van der Waals surface area contributed by atoms with E-state index in [0.717, 1.165) is 19.3 Å². The van der Waals surface area contributed by atoms with Crippen molar-refractivity contribution in [3.8, 4) is 0 Å². The molecule has 1 rings (SSSR count). The van der Waals surface area contributed by atoms with E-state index in [9.17, 15) is 18.7 Å². The Morgan fingerprint density at radius 2 is 2.21 bits per heavy atom. The van der Waals surface area contributed by atoms with Gasteiger partial charge in [-0.15, -0.1) is 0 Å². The third-order valence-electron chi connectivity index (χ3n) is 3.26. The average molecular weight is 279 g/mol. The van der Waals surface area contributed by atoms with Gasteiger partial charge < -0.3 is 14.7 Å². The zero-order chi connectivity index (χ0) is 14.3. The van der Waals surface area contributed by atoms with E-state index in [0.29, 0.717) is 13.0 Å². The van der Waals surface area contributed by atoms with Crippen molar-refractivity contribution in [2.75, 3.05) is 19.8 Å². The molecule has 0 aliphatic carbocycles. The molecule has 1 heterocycles. The number of ether oxygens (including phenoxy) is 1. The van der Waals surface area contributed by atoms with E-state index in [-0.39, 0.29) is 25.0 Å². The second kappa shape index (κ2) is 8.43. The van der Waals surface area contributed by atoms with Crippen LogP contribution < -0.4 is 0 Å². The van der Waals surface area contributed by atoms with E-state index in [1.165, 1.54) is 0 Å². The summed E-state index contributed by atoms with van der Waals surface area (Å²) in [6.45, 7) is 1.81. The number of halogens is 2. The highest BCUT2D eigenvalue weighted by Gasteiger charge is 2.27. The van der Waals surface area contributed by atoms with Crippen molar-refractivity contribution in [2.45, 2.75) is 57.6 Å². The lowest BCUT2D eigenvalue weighted by atomic mass is 9.97. The van der Waals surface area contributed by atoms with E-state index >= 15 is 0 Å². The molecule has 6 heteroatoms. The summed E-state index contributed by atoms with van der Waals surface area (Å²) in [5, 5.41) is 9.43. The molecule has 0 aromatic rings. The topological polar surface area (TPSA) is 49.8 Å². The minimum Gasteiger partial charge on any atom is -0.393 e. The zero-order valence-corrected chi connectivity index (χ0v) is 11.4. The Kier molecular flexibility index (Phi) is 7.23. The van der Waals surface area contributed by atoms with Crippen LogP contribution in [0.1, 0.15) is 39.0 Å². The molecule has 0 bridgehead atoms. The maximum absolute atomic E-state index is 12.0. The van der Waals surface area contributed by atoms with Gasteiger partial charge in [-0.3, -0.25) is 4.79 Å². The number of hydrogen-bond donors (Lipinski definition) is 1. The molecule has 0 saturated carbocycles. The Hall–Kier alpha value is -0.750. The van der Waals surface area contributed by atoms with Gasteiger partial charge in [-0.05, 0) is 32.6 Å². The molecule has 1 amide bonds. The van der Waals surface area contributed by atoms with Gasteiger partial charge in [0, 0.05) is 12.6 Å². The van der Waals surface area contributed by atoms with Crippen LogP contribution in [0.2, 0.25) is 0 Å². The van der Waals surface area contributed by atoms with Gasteiger partial charge in [0.25, 0.3) is 6.43 Å². The lowest BCUT2D eigenvalue weighted by molar-refractivity contribution is -0.137. The van der Waals surface area contributed by atoms with E-state index in [2.05, 4.69) is 0 Å². The molecule has 2 unspecified atom stereocenters. The fourth-order valence-electron chi connectivity index (χ4n) is 2.44. The summed E-state index contributed by atoms with van der Waals surface area (Å²) in [6.07, 6.45) is 0.686. The molecule has 0 spiro atoms. The highest BCUT2D eigenvalue weighted by atomic mass is 19.3. The van der Waals surface area contributed by atoms with Crippen molar-refractivity contribution in [1.82, 2.24) is 4.90 Å². The summed E-state index contributed by atoms with van der Waals surface area (Å²) >= 11 is 0. The number of aliphatic hydroxyl groups is 1. The summed E-state index contributed by atoms with van der Waals surface area (Å²) in [5.41, 5.74) is 0. The SMILES string of the molecule is CC(O)CC1CCCCN1C(=O)CCOCC(F)F. The molecule has 1 aliphatic rings. The third-order valence-corrected chi connectivity index (χ3v) is 3.26. The predicted octanol–water partition coefficient (Wildman–Crippen LogP) is 1.81. The molecule has 19 heavy (non-hydrogen) atoms. The van der Waals surface area contributed by atoms with E-state index in [1.807, 2.05) is 0 Å². The molecule has 1 aliphatic heterocycles. The summed E-state index contributed by atoms with van der Waals surface area (Å²) in [5.74, 6) is -0.0698. The fourth-order valence-corrected chi connectivity index (χ4v) is 2.44. The van der Waals surface area contributed by atoms with Gasteiger partial charge in [-0.1, -0.05) is 0 Å². The fraction of sp³-hybridized carbons (Fsp3) is 0.923. The quantitative estimate of drug-likeness (QED) is 0.723. The Labute approximate surface area is 112 Å². The average Bonchev–Trinajstić information content (AvgIpc) is 2.34. The number of amides is 1. The second-order valence-corrected chi connectivity index (χ2v) is 5.04. The normalized spacial score (nSPS) is 21.7. The Balaban J connectivity index is 2.35.